The lowest BCUT2D eigenvalue weighted by atomic mass is 10.0. The van der Waals surface area contributed by atoms with Gasteiger partial charge in [-0.25, -0.2) is 0 Å². The number of rotatable bonds is 5. The Morgan fingerprint density at radius 1 is 1.19 bits per heavy atom. The Kier molecular flexibility index (Phi) is 5.01. The Bertz CT molecular complexity index is 641. The molecule has 0 aliphatic heterocycles. The standard InChI is InChI=1S/C17H24N2OS/c1-11(2)10-19-14(12(3)4)8-7-13(17(19)20)16(18)15-6-5-9-21-15/h5-9,11-12,16H,10,18H2,1-4H3. The SMILES string of the molecule is CC(C)Cn1c(C(C)C)ccc(C(N)c2cccs2)c1=O. The first-order chi connectivity index (χ1) is 9.91. The maximum absolute atomic E-state index is 12.9. The van der Waals surface area contributed by atoms with Gasteiger partial charge in [-0.05, 0) is 35.4 Å². The van der Waals surface area contributed by atoms with E-state index in [0.717, 1.165) is 17.1 Å². The van der Waals surface area contributed by atoms with E-state index in [2.05, 4.69) is 33.8 Å². The summed E-state index contributed by atoms with van der Waals surface area (Å²) < 4.78 is 1.90. The van der Waals surface area contributed by atoms with Crippen LogP contribution < -0.4 is 11.3 Å². The lowest BCUT2D eigenvalue weighted by Crippen LogP contribution is -2.32. The van der Waals surface area contributed by atoms with Gasteiger partial charge in [0.1, 0.15) is 0 Å². The molecule has 2 rings (SSSR count). The van der Waals surface area contributed by atoms with Gasteiger partial charge in [-0.15, -0.1) is 11.3 Å². The van der Waals surface area contributed by atoms with Gasteiger partial charge in [0.2, 0.25) is 0 Å². The molecule has 0 fully saturated rings. The van der Waals surface area contributed by atoms with Crippen LogP contribution in [-0.4, -0.2) is 4.57 Å². The minimum atomic E-state index is -0.336. The zero-order valence-electron chi connectivity index (χ0n) is 13.2. The molecule has 114 valence electrons. The van der Waals surface area contributed by atoms with Crippen molar-refractivity contribution >= 4 is 11.3 Å². The number of hydrogen-bond acceptors (Lipinski definition) is 3. The third kappa shape index (κ3) is 3.44. The number of pyridine rings is 1. The van der Waals surface area contributed by atoms with Crippen molar-refractivity contribution in [3.63, 3.8) is 0 Å². The fraction of sp³-hybridized carbons (Fsp3) is 0.471. The third-order valence-corrected chi connectivity index (χ3v) is 4.52. The summed E-state index contributed by atoms with van der Waals surface area (Å²) in [6.45, 7) is 9.22. The molecule has 0 amide bonds. The number of aromatic nitrogens is 1. The van der Waals surface area contributed by atoms with Gasteiger partial charge in [0.15, 0.2) is 0 Å². The molecule has 4 heteroatoms. The first-order valence-electron chi connectivity index (χ1n) is 7.44. The fourth-order valence-electron chi connectivity index (χ4n) is 2.53. The molecule has 0 aromatic carbocycles. The van der Waals surface area contributed by atoms with Crippen molar-refractivity contribution in [2.24, 2.45) is 11.7 Å². The minimum absolute atomic E-state index is 0.0517. The van der Waals surface area contributed by atoms with E-state index in [4.69, 9.17) is 5.73 Å². The zero-order chi connectivity index (χ0) is 15.6. The van der Waals surface area contributed by atoms with Gasteiger partial charge in [0.25, 0.3) is 5.56 Å². The maximum Gasteiger partial charge on any atom is 0.255 e. The fourth-order valence-corrected chi connectivity index (χ4v) is 3.27. The molecule has 0 radical (unpaired) electrons. The third-order valence-electron chi connectivity index (χ3n) is 3.56. The Hall–Kier alpha value is -1.39. The second kappa shape index (κ2) is 6.58. The lowest BCUT2D eigenvalue weighted by Gasteiger charge is -2.20. The predicted molar refractivity (Wildman–Crippen MR) is 90.0 cm³/mol. The first kappa shape index (κ1) is 16.0. The van der Waals surface area contributed by atoms with Crippen LogP contribution in [0.3, 0.4) is 0 Å². The normalized spacial score (nSPS) is 13.1. The largest absolute Gasteiger partial charge is 0.319 e. The van der Waals surface area contributed by atoms with Crippen LogP contribution in [0, 0.1) is 5.92 Å². The van der Waals surface area contributed by atoms with Gasteiger partial charge in [0, 0.05) is 22.7 Å². The molecular weight excluding hydrogens is 280 g/mol. The van der Waals surface area contributed by atoms with Gasteiger partial charge in [-0.1, -0.05) is 33.8 Å². The molecule has 2 N–H and O–H groups in total. The smallest absolute Gasteiger partial charge is 0.255 e. The van der Waals surface area contributed by atoms with Crippen LogP contribution >= 0.6 is 11.3 Å². The number of hydrogen-bond donors (Lipinski definition) is 1. The van der Waals surface area contributed by atoms with Crippen molar-refractivity contribution in [2.75, 3.05) is 0 Å². The highest BCUT2D eigenvalue weighted by Crippen LogP contribution is 2.23. The molecule has 1 atom stereocenters. The molecule has 0 aliphatic carbocycles. The van der Waals surface area contributed by atoms with E-state index in [-0.39, 0.29) is 11.6 Å². The minimum Gasteiger partial charge on any atom is -0.319 e. The predicted octanol–water partition coefficient (Wildman–Crippen LogP) is 3.74. The summed E-state index contributed by atoms with van der Waals surface area (Å²) in [7, 11) is 0. The Morgan fingerprint density at radius 3 is 2.43 bits per heavy atom. The molecule has 0 spiro atoms. The molecule has 2 heterocycles. The molecule has 1 unspecified atom stereocenters. The lowest BCUT2D eigenvalue weighted by molar-refractivity contribution is 0.484. The second-order valence-corrected chi connectivity index (χ2v) is 7.15. The summed E-state index contributed by atoms with van der Waals surface area (Å²) in [5.74, 6) is 0.747. The Balaban J connectivity index is 2.52. The molecule has 2 aromatic heterocycles. The van der Waals surface area contributed by atoms with E-state index in [0.29, 0.717) is 17.4 Å². The van der Waals surface area contributed by atoms with Crippen LogP contribution in [0.1, 0.15) is 55.8 Å². The molecule has 2 aromatic rings. The van der Waals surface area contributed by atoms with Crippen molar-refractivity contribution < 1.29 is 0 Å². The van der Waals surface area contributed by atoms with E-state index in [9.17, 15) is 4.79 Å². The van der Waals surface area contributed by atoms with Crippen molar-refractivity contribution in [3.05, 3.63) is 56.1 Å². The zero-order valence-corrected chi connectivity index (χ0v) is 14.0. The van der Waals surface area contributed by atoms with Gasteiger partial charge in [0.05, 0.1) is 6.04 Å². The van der Waals surface area contributed by atoms with Gasteiger partial charge in [-0.2, -0.15) is 0 Å². The van der Waals surface area contributed by atoms with Gasteiger partial charge < -0.3 is 10.3 Å². The summed E-state index contributed by atoms with van der Waals surface area (Å²) in [5.41, 5.74) is 8.10. The maximum atomic E-state index is 12.9. The average molecular weight is 304 g/mol. The topological polar surface area (TPSA) is 48.0 Å². The molecule has 0 bridgehead atoms. The van der Waals surface area contributed by atoms with E-state index in [1.54, 1.807) is 11.3 Å². The quantitative estimate of drug-likeness (QED) is 0.915. The van der Waals surface area contributed by atoms with Crippen LogP contribution in [0.25, 0.3) is 0 Å². The van der Waals surface area contributed by atoms with Crippen LogP contribution in [0.4, 0.5) is 0 Å². The number of nitrogens with two attached hydrogens (primary N) is 1. The van der Waals surface area contributed by atoms with E-state index >= 15 is 0 Å². The summed E-state index contributed by atoms with van der Waals surface area (Å²) in [5, 5.41) is 1.99. The molecular formula is C17H24N2OS. The van der Waals surface area contributed by atoms with Crippen molar-refractivity contribution in [1.82, 2.24) is 4.57 Å². The molecule has 0 saturated carbocycles. The summed E-state index contributed by atoms with van der Waals surface area (Å²) >= 11 is 1.59. The molecule has 0 aliphatic rings. The van der Waals surface area contributed by atoms with Crippen molar-refractivity contribution in [2.45, 2.75) is 46.2 Å². The van der Waals surface area contributed by atoms with Crippen molar-refractivity contribution in [1.29, 1.82) is 0 Å². The van der Waals surface area contributed by atoms with Crippen LogP contribution in [-0.2, 0) is 6.54 Å². The summed E-state index contributed by atoms with van der Waals surface area (Å²) in [6.07, 6.45) is 0. The highest BCUT2D eigenvalue weighted by atomic mass is 32.1. The summed E-state index contributed by atoms with van der Waals surface area (Å²) in [6, 6.07) is 7.57. The molecule has 3 nitrogen and oxygen atoms in total. The second-order valence-electron chi connectivity index (χ2n) is 6.17. The molecule has 21 heavy (non-hydrogen) atoms. The number of nitrogens with zero attached hydrogens (tertiary/aromatic N) is 1. The van der Waals surface area contributed by atoms with E-state index in [1.807, 2.05) is 28.1 Å². The highest BCUT2D eigenvalue weighted by molar-refractivity contribution is 7.10. The first-order valence-corrected chi connectivity index (χ1v) is 8.32. The number of thiophene rings is 1. The Labute approximate surface area is 130 Å². The van der Waals surface area contributed by atoms with Crippen LogP contribution in [0.15, 0.2) is 34.4 Å². The Morgan fingerprint density at radius 2 is 1.90 bits per heavy atom. The van der Waals surface area contributed by atoms with Crippen molar-refractivity contribution in [3.8, 4) is 0 Å². The molecule has 0 saturated heterocycles. The average Bonchev–Trinajstić information content (AvgIpc) is 2.93. The highest BCUT2D eigenvalue weighted by Gasteiger charge is 2.18. The van der Waals surface area contributed by atoms with Crippen LogP contribution in [0.5, 0.6) is 0 Å². The monoisotopic (exact) mass is 304 g/mol. The van der Waals surface area contributed by atoms with Crippen LogP contribution in [0.2, 0.25) is 0 Å². The van der Waals surface area contributed by atoms with Gasteiger partial charge >= 0.3 is 0 Å². The van der Waals surface area contributed by atoms with E-state index in [1.165, 1.54) is 0 Å². The van der Waals surface area contributed by atoms with Gasteiger partial charge in [-0.3, -0.25) is 4.79 Å². The van der Waals surface area contributed by atoms with E-state index < -0.39 is 0 Å². The summed E-state index contributed by atoms with van der Waals surface area (Å²) in [4.78, 5) is 13.9.